The summed E-state index contributed by atoms with van der Waals surface area (Å²) in [6.45, 7) is 2.42. The van der Waals surface area contributed by atoms with E-state index < -0.39 is 10.0 Å². The minimum absolute atomic E-state index is 0.0152. The van der Waals surface area contributed by atoms with E-state index in [9.17, 15) is 8.42 Å². The lowest BCUT2D eigenvalue weighted by Crippen LogP contribution is -2.39. The van der Waals surface area contributed by atoms with Gasteiger partial charge in [0.1, 0.15) is 10.7 Å². The second-order valence-electron chi connectivity index (χ2n) is 5.16. The third-order valence-corrected chi connectivity index (χ3v) is 5.31. The van der Waals surface area contributed by atoms with Gasteiger partial charge in [-0.2, -0.15) is 0 Å². The second kappa shape index (κ2) is 6.38. The quantitative estimate of drug-likeness (QED) is 0.835. The SMILES string of the molecule is CN1CCC[C@H](CNS(=O)(=O)c2cc(Br)cnc2N)C1. The van der Waals surface area contributed by atoms with Crippen LogP contribution in [-0.4, -0.2) is 45.0 Å². The van der Waals surface area contributed by atoms with Gasteiger partial charge in [0.15, 0.2) is 0 Å². The lowest BCUT2D eigenvalue weighted by molar-refractivity contribution is 0.211. The van der Waals surface area contributed by atoms with Crippen LogP contribution in [-0.2, 0) is 10.0 Å². The largest absolute Gasteiger partial charge is 0.383 e. The van der Waals surface area contributed by atoms with Crippen molar-refractivity contribution in [2.24, 2.45) is 5.92 Å². The molecule has 0 unspecified atom stereocenters. The van der Waals surface area contributed by atoms with E-state index in [4.69, 9.17) is 5.73 Å². The van der Waals surface area contributed by atoms with Crippen LogP contribution >= 0.6 is 15.9 Å². The Kier molecular flexibility index (Phi) is 5.00. The van der Waals surface area contributed by atoms with Crippen LogP contribution in [0.15, 0.2) is 21.6 Å². The Balaban J connectivity index is 2.05. The normalized spacial score (nSPS) is 21.0. The topological polar surface area (TPSA) is 88.3 Å². The average molecular weight is 363 g/mol. The lowest BCUT2D eigenvalue weighted by Gasteiger charge is -2.29. The third kappa shape index (κ3) is 3.91. The maximum Gasteiger partial charge on any atom is 0.244 e. The number of piperidine rings is 1. The van der Waals surface area contributed by atoms with Crippen LogP contribution in [0, 0.1) is 5.92 Å². The minimum Gasteiger partial charge on any atom is -0.383 e. The van der Waals surface area contributed by atoms with Crippen LogP contribution < -0.4 is 10.5 Å². The zero-order valence-corrected chi connectivity index (χ0v) is 13.7. The van der Waals surface area contributed by atoms with Crippen LogP contribution in [0.25, 0.3) is 0 Å². The highest BCUT2D eigenvalue weighted by Crippen LogP contribution is 2.21. The van der Waals surface area contributed by atoms with Crippen molar-refractivity contribution < 1.29 is 8.42 Å². The van der Waals surface area contributed by atoms with Crippen molar-refractivity contribution in [3.05, 3.63) is 16.7 Å². The van der Waals surface area contributed by atoms with E-state index in [1.54, 1.807) is 0 Å². The Morgan fingerprint density at radius 1 is 1.60 bits per heavy atom. The van der Waals surface area contributed by atoms with Crippen molar-refractivity contribution in [1.29, 1.82) is 0 Å². The average Bonchev–Trinajstić information content (AvgIpc) is 2.39. The Morgan fingerprint density at radius 3 is 3.05 bits per heavy atom. The molecule has 0 aliphatic carbocycles. The second-order valence-corrected chi connectivity index (χ2v) is 7.81. The smallest absolute Gasteiger partial charge is 0.244 e. The molecule has 0 aromatic carbocycles. The molecule has 1 fully saturated rings. The number of sulfonamides is 1. The molecule has 3 N–H and O–H groups in total. The van der Waals surface area contributed by atoms with Gasteiger partial charge < -0.3 is 10.6 Å². The first kappa shape index (κ1) is 15.7. The van der Waals surface area contributed by atoms with Crippen LogP contribution in [0.4, 0.5) is 5.82 Å². The highest BCUT2D eigenvalue weighted by Gasteiger charge is 2.22. The molecule has 2 rings (SSSR count). The number of pyridine rings is 1. The number of likely N-dealkylation sites (tertiary alicyclic amines) is 1. The van der Waals surface area contributed by atoms with Gasteiger partial charge >= 0.3 is 0 Å². The first-order valence-corrected chi connectivity index (χ1v) is 8.75. The van der Waals surface area contributed by atoms with Gasteiger partial charge in [-0.25, -0.2) is 18.1 Å². The summed E-state index contributed by atoms with van der Waals surface area (Å²) < 4.78 is 27.8. The van der Waals surface area contributed by atoms with Crippen molar-refractivity contribution in [3.8, 4) is 0 Å². The summed E-state index contributed by atoms with van der Waals surface area (Å²) in [7, 11) is -1.56. The number of nitrogens with two attached hydrogens (primary N) is 1. The fraction of sp³-hybridized carbons (Fsp3) is 0.583. The molecular weight excluding hydrogens is 344 g/mol. The molecule has 8 heteroatoms. The summed E-state index contributed by atoms with van der Waals surface area (Å²) in [5.74, 6) is 0.353. The zero-order valence-electron chi connectivity index (χ0n) is 11.3. The first-order valence-electron chi connectivity index (χ1n) is 6.48. The predicted octanol–water partition coefficient (Wildman–Crippen LogP) is 1.05. The maximum absolute atomic E-state index is 12.3. The molecule has 1 aliphatic heterocycles. The van der Waals surface area contributed by atoms with Crippen LogP contribution in [0.2, 0.25) is 0 Å². The Bertz CT molecular complexity index is 579. The van der Waals surface area contributed by atoms with Gasteiger partial charge in [0.25, 0.3) is 0 Å². The van der Waals surface area contributed by atoms with E-state index in [0.29, 0.717) is 16.9 Å². The number of halogens is 1. The number of hydrogen-bond donors (Lipinski definition) is 2. The van der Waals surface area contributed by atoms with E-state index >= 15 is 0 Å². The third-order valence-electron chi connectivity index (χ3n) is 3.42. The summed E-state index contributed by atoms with van der Waals surface area (Å²) in [4.78, 5) is 6.10. The minimum atomic E-state index is -3.62. The maximum atomic E-state index is 12.3. The summed E-state index contributed by atoms with van der Waals surface area (Å²) in [5, 5.41) is 0. The molecule has 112 valence electrons. The highest BCUT2D eigenvalue weighted by atomic mass is 79.9. The van der Waals surface area contributed by atoms with Gasteiger partial charge in [-0.1, -0.05) is 0 Å². The predicted molar refractivity (Wildman–Crippen MR) is 81.8 cm³/mol. The van der Waals surface area contributed by atoms with Gasteiger partial charge in [0, 0.05) is 23.8 Å². The summed E-state index contributed by atoms with van der Waals surface area (Å²) >= 11 is 3.21. The molecule has 0 bridgehead atoms. The van der Waals surface area contributed by atoms with Gasteiger partial charge in [-0.15, -0.1) is 0 Å². The molecule has 20 heavy (non-hydrogen) atoms. The molecule has 1 atom stereocenters. The van der Waals surface area contributed by atoms with Gasteiger partial charge in [0.05, 0.1) is 0 Å². The van der Waals surface area contributed by atoms with Crippen molar-refractivity contribution >= 4 is 31.8 Å². The standard InChI is InChI=1S/C12H19BrN4O2S/c1-17-4-2-3-9(8-17)6-16-20(18,19)11-5-10(13)7-15-12(11)14/h5,7,9,16H,2-4,6,8H2,1H3,(H2,14,15)/t9-/m1/s1. The van der Waals surface area contributed by atoms with Crippen LogP contribution in [0.1, 0.15) is 12.8 Å². The van der Waals surface area contributed by atoms with Crippen LogP contribution in [0.5, 0.6) is 0 Å². The van der Waals surface area contributed by atoms with Crippen LogP contribution in [0.3, 0.4) is 0 Å². The van der Waals surface area contributed by atoms with Gasteiger partial charge in [0.2, 0.25) is 10.0 Å². The molecule has 1 aromatic heterocycles. The number of nitrogens with zero attached hydrogens (tertiary/aromatic N) is 2. The van der Waals surface area contributed by atoms with E-state index in [0.717, 1.165) is 25.9 Å². The molecule has 0 saturated carbocycles. The first-order chi connectivity index (χ1) is 9.38. The lowest BCUT2D eigenvalue weighted by atomic mass is 9.99. The Morgan fingerprint density at radius 2 is 2.35 bits per heavy atom. The highest BCUT2D eigenvalue weighted by molar-refractivity contribution is 9.10. The fourth-order valence-corrected chi connectivity index (χ4v) is 4.10. The van der Waals surface area contributed by atoms with E-state index in [2.05, 4.69) is 37.6 Å². The van der Waals surface area contributed by atoms with Crippen molar-refractivity contribution in [3.63, 3.8) is 0 Å². The molecule has 0 amide bonds. The molecule has 1 saturated heterocycles. The van der Waals surface area contributed by atoms with Crippen molar-refractivity contribution in [2.75, 3.05) is 32.4 Å². The molecular formula is C12H19BrN4O2S. The van der Waals surface area contributed by atoms with Gasteiger partial charge in [-0.3, -0.25) is 0 Å². The Hall–Kier alpha value is -0.700. The molecule has 2 heterocycles. The molecule has 6 nitrogen and oxygen atoms in total. The summed E-state index contributed by atoms with van der Waals surface area (Å²) in [6.07, 6.45) is 3.62. The van der Waals surface area contributed by atoms with E-state index in [-0.39, 0.29) is 10.7 Å². The fourth-order valence-electron chi connectivity index (χ4n) is 2.39. The molecule has 0 spiro atoms. The van der Waals surface area contributed by atoms with E-state index in [1.165, 1.54) is 12.3 Å². The zero-order chi connectivity index (χ0) is 14.8. The number of hydrogen-bond acceptors (Lipinski definition) is 5. The number of aromatic nitrogens is 1. The molecule has 1 aromatic rings. The number of nitrogens with one attached hydrogen (secondary N) is 1. The summed E-state index contributed by atoms with van der Waals surface area (Å²) in [5.41, 5.74) is 5.65. The van der Waals surface area contributed by atoms with Gasteiger partial charge in [-0.05, 0) is 54.3 Å². The summed E-state index contributed by atoms with van der Waals surface area (Å²) in [6, 6.07) is 1.47. The number of anilines is 1. The molecule has 1 aliphatic rings. The molecule has 0 radical (unpaired) electrons. The number of nitrogen functional groups attached to an aromatic ring is 1. The monoisotopic (exact) mass is 362 g/mol. The Labute approximate surface area is 127 Å². The van der Waals surface area contributed by atoms with Crippen molar-refractivity contribution in [2.45, 2.75) is 17.7 Å². The van der Waals surface area contributed by atoms with Crippen molar-refractivity contribution in [1.82, 2.24) is 14.6 Å². The van der Waals surface area contributed by atoms with E-state index in [1.807, 2.05) is 0 Å². The number of rotatable bonds is 4.